The molecule has 1 saturated heterocycles. The van der Waals surface area contributed by atoms with Crippen LogP contribution < -0.4 is 5.19 Å². The van der Waals surface area contributed by atoms with Gasteiger partial charge in [-0.05, 0) is 18.0 Å². The van der Waals surface area contributed by atoms with Crippen LogP contribution in [0.4, 0.5) is 0 Å². The van der Waals surface area contributed by atoms with Gasteiger partial charge in [0, 0.05) is 13.2 Å². The fraction of sp³-hybridized carbons (Fsp3) is 0.625. The van der Waals surface area contributed by atoms with Gasteiger partial charge < -0.3 is 18.3 Å². The quantitative estimate of drug-likeness (QED) is 0.464. The van der Waals surface area contributed by atoms with Crippen LogP contribution in [-0.4, -0.2) is 47.3 Å². The van der Waals surface area contributed by atoms with E-state index in [4.69, 9.17) is 18.3 Å². The van der Waals surface area contributed by atoms with Gasteiger partial charge in [0.05, 0.1) is 19.4 Å². The van der Waals surface area contributed by atoms with Gasteiger partial charge in [0.15, 0.2) is 0 Å². The fourth-order valence-corrected chi connectivity index (χ4v) is 4.99. The van der Waals surface area contributed by atoms with Crippen LogP contribution in [0, 0.1) is 0 Å². The maximum atomic E-state index is 6.22. The van der Waals surface area contributed by atoms with E-state index in [2.05, 4.69) is 26.0 Å². The van der Waals surface area contributed by atoms with Gasteiger partial charge in [-0.15, -0.1) is 0 Å². The van der Waals surface area contributed by atoms with Crippen molar-refractivity contribution in [1.82, 2.24) is 0 Å². The highest BCUT2D eigenvalue weighted by atomic mass is 28.4. The maximum Gasteiger partial charge on any atom is 0.399 e. The van der Waals surface area contributed by atoms with Crippen molar-refractivity contribution in [2.45, 2.75) is 32.8 Å². The lowest BCUT2D eigenvalue weighted by atomic mass is 10.4. The van der Waals surface area contributed by atoms with Crippen LogP contribution in [0.1, 0.15) is 26.7 Å². The molecule has 0 aromatic heterocycles. The van der Waals surface area contributed by atoms with Gasteiger partial charge in [0.25, 0.3) is 0 Å². The Labute approximate surface area is 128 Å². The molecule has 0 spiro atoms. The largest absolute Gasteiger partial charge is 0.399 e. The Hall–Kier alpha value is -0.723. The molecule has 0 saturated carbocycles. The lowest BCUT2D eigenvalue weighted by molar-refractivity contribution is 0.0980. The molecule has 1 fully saturated rings. The molecule has 0 aliphatic carbocycles. The molecule has 1 aromatic rings. The lowest BCUT2D eigenvalue weighted by Crippen LogP contribution is -2.58. The molecule has 0 radical (unpaired) electrons. The minimum absolute atomic E-state index is 0.268. The van der Waals surface area contributed by atoms with Crippen molar-refractivity contribution in [3.63, 3.8) is 0 Å². The molecule has 0 amide bonds. The summed E-state index contributed by atoms with van der Waals surface area (Å²) in [5.74, 6) is 0. The minimum atomic E-state index is -2.53. The highest BCUT2D eigenvalue weighted by molar-refractivity contribution is 6.81. The predicted octanol–water partition coefficient (Wildman–Crippen LogP) is 2.14. The molecule has 0 N–H and O–H groups in total. The summed E-state index contributed by atoms with van der Waals surface area (Å²) in [7, 11) is -2.53. The molecule has 1 unspecified atom stereocenters. The molecule has 1 atom stereocenters. The SMILES string of the molecule is CCCO[Si](COCC1CO1)(OCCC)c1ccccc1. The second kappa shape index (κ2) is 8.65. The summed E-state index contributed by atoms with van der Waals surface area (Å²) >= 11 is 0. The van der Waals surface area contributed by atoms with Crippen LogP contribution in [0.5, 0.6) is 0 Å². The Morgan fingerprint density at radius 1 is 1.10 bits per heavy atom. The Morgan fingerprint density at radius 3 is 2.24 bits per heavy atom. The third-order valence-electron chi connectivity index (χ3n) is 3.29. The van der Waals surface area contributed by atoms with Gasteiger partial charge in [-0.3, -0.25) is 0 Å². The molecular formula is C16H26O4Si. The van der Waals surface area contributed by atoms with Crippen molar-refractivity contribution in [2.75, 3.05) is 32.7 Å². The van der Waals surface area contributed by atoms with Gasteiger partial charge >= 0.3 is 8.56 Å². The summed E-state index contributed by atoms with van der Waals surface area (Å²) in [6.45, 7) is 7.08. The van der Waals surface area contributed by atoms with Crippen molar-refractivity contribution in [2.24, 2.45) is 0 Å². The summed E-state index contributed by atoms with van der Waals surface area (Å²) in [5.41, 5.74) is 0. The summed E-state index contributed by atoms with van der Waals surface area (Å²) in [6.07, 6.45) is 2.74. The fourth-order valence-electron chi connectivity index (χ4n) is 2.09. The third kappa shape index (κ3) is 5.20. The van der Waals surface area contributed by atoms with E-state index in [-0.39, 0.29) is 6.10 Å². The molecule has 118 valence electrons. The molecule has 1 aliphatic heterocycles. The molecule has 0 bridgehead atoms. The number of hydrogen-bond acceptors (Lipinski definition) is 4. The molecule has 2 rings (SSSR count). The number of epoxide rings is 1. The number of benzene rings is 1. The van der Waals surface area contributed by atoms with Crippen LogP contribution in [0.2, 0.25) is 0 Å². The first kappa shape index (κ1) is 16.6. The summed E-state index contributed by atoms with van der Waals surface area (Å²) in [6, 6.07) is 10.3. The molecule has 1 heterocycles. The van der Waals surface area contributed by atoms with Crippen molar-refractivity contribution < 1.29 is 18.3 Å². The number of ether oxygens (including phenoxy) is 2. The lowest BCUT2D eigenvalue weighted by Gasteiger charge is -2.30. The zero-order chi connectivity index (χ0) is 15.0. The maximum absolute atomic E-state index is 6.22. The molecule has 5 heteroatoms. The van der Waals surface area contributed by atoms with Crippen molar-refractivity contribution in [3.8, 4) is 0 Å². The third-order valence-corrected chi connectivity index (χ3v) is 6.43. The van der Waals surface area contributed by atoms with Crippen molar-refractivity contribution >= 4 is 13.7 Å². The van der Waals surface area contributed by atoms with Crippen LogP contribution >= 0.6 is 0 Å². The van der Waals surface area contributed by atoms with E-state index in [0.717, 1.165) is 24.6 Å². The van der Waals surface area contributed by atoms with E-state index >= 15 is 0 Å². The number of hydrogen-bond donors (Lipinski definition) is 0. The second-order valence-corrected chi connectivity index (χ2v) is 8.24. The van der Waals surface area contributed by atoms with Gasteiger partial charge in [0.1, 0.15) is 6.10 Å². The minimum Gasteiger partial charge on any atom is -0.390 e. The molecule has 1 aliphatic rings. The molecule has 21 heavy (non-hydrogen) atoms. The van der Waals surface area contributed by atoms with Crippen LogP contribution in [-0.2, 0) is 18.3 Å². The topological polar surface area (TPSA) is 40.2 Å². The van der Waals surface area contributed by atoms with Crippen LogP contribution in [0.3, 0.4) is 0 Å². The van der Waals surface area contributed by atoms with E-state index in [1.165, 1.54) is 0 Å². The smallest absolute Gasteiger partial charge is 0.390 e. The van der Waals surface area contributed by atoms with Crippen LogP contribution in [0.15, 0.2) is 30.3 Å². The van der Waals surface area contributed by atoms with Gasteiger partial charge in [-0.2, -0.15) is 0 Å². The normalized spacial score (nSPS) is 17.9. The summed E-state index contributed by atoms with van der Waals surface area (Å²) in [5, 5.41) is 1.14. The van der Waals surface area contributed by atoms with Crippen molar-refractivity contribution in [1.29, 1.82) is 0 Å². The Bertz CT molecular complexity index is 387. The van der Waals surface area contributed by atoms with E-state index in [9.17, 15) is 0 Å². The van der Waals surface area contributed by atoms with E-state index < -0.39 is 8.56 Å². The number of rotatable bonds is 11. The van der Waals surface area contributed by atoms with Gasteiger partial charge in [0.2, 0.25) is 0 Å². The van der Waals surface area contributed by atoms with Gasteiger partial charge in [-0.25, -0.2) is 0 Å². The first-order valence-corrected chi connectivity index (χ1v) is 9.86. The van der Waals surface area contributed by atoms with E-state index in [1.807, 2.05) is 18.2 Å². The highest BCUT2D eigenvalue weighted by Crippen LogP contribution is 2.14. The highest BCUT2D eigenvalue weighted by Gasteiger charge is 2.41. The zero-order valence-electron chi connectivity index (χ0n) is 13.0. The standard InChI is InChI=1S/C16H26O4Si/c1-3-10-19-21(20-11-4-2,14-17-12-15-13-18-15)16-8-6-5-7-9-16/h5-9,15H,3-4,10-14H2,1-2H3. The molecule has 4 nitrogen and oxygen atoms in total. The first-order chi connectivity index (χ1) is 10.3. The monoisotopic (exact) mass is 310 g/mol. The molecular weight excluding hydrogens is 284 g/mol. The predicted molar refractivity (Wildman–Crippen MR) is 84.9 cm³/mol. The molecule has 1 aromatic carbocycles. The Morgan fingerprint density at radius 2 is 1.71 bits per heavy atom. The second-order valence-electron chi connectivity index (χ2n) is 5.29. The average molecular weight is 310 g/mol. The Balaban J connectivity index is 2.09. The zero-order valence-corrected chi connectivity index (χ0v) is 14.0. The van der Waals surface area contributed by atoms with Gasteiger partial charge in [-0.1, -0.05) is 44.2 Å². The Kier molecular flexibility index (Phi) is 6.86. The van der Waals surface area contributed by atoms with Crippen molar-refractivity contribution in [3.05, 3.63) is 30.3 Å². The van der Waals surface area contributed by atoms with E-state index in [0.29, 0.717) is 26.1 Å². The first-order valence-electron chi connectivity index (χ1n) is 7.83. The van der Waals surface area contributed by atoms with E-state index in [1.54, 1.807) is 0 Å². The average Bonchev–Trinajstić information content (AvgIpc) is 3.35. The summed E-state index contributed by atoms with van der Waals surface area (Å²) in [4.78, 5) is 0. The van der Waals surface area contributed by atoms with Crippen LogP contribution in [0.25, 0.3) is 0 Å². The summed E-state index contributed by atoms with van der Waals surface area (Å²) < 4.78 is 23.5.